The molecule has 0 saturated carbocycles. The summed E-state index contributed by atoms with van der Waals surface area (Å²) in [6.07, 6.45) is 1.44. The van der Waals surface area contributed by atoms with Crippen LogP contribution in [0.15, 0.2) is 24.3 Å². The highest BCUT2D eigenvalue weighted by Crippen LogP contribution is 2.35. The predicted octanol–water partition coefficient (Wildman–Crippen LogP) is 0.813. The monoisotopic (exact) mass is 323 g/mol. The van der Waals surface area contributed by atoms with E-state index in [4.69, 9.17) is 11.6 Å². The summed E-state index contributed by atoms with van der Waals surface area (Å²) < 4.78 is 48.2. The van der Waals surface area contributed by atoms with Crippen molar-refractivity contribution in [2.45, 2.75) is 17.8 Å². The molecule has 1 aromatic rings. The molecule has 5 nitrogen and oxygen atoms in total. The topological polar surface area (TPSA) is 80.3 Å². The van der Waals surface area contributed by atoms with Crippen LogP contribution in [-0.2, 0) is 26.3 Å². The van der Waals surface area contributed by atoms with Gasteiger partial charge in [0.05, 0.1) is 11.4 Å². The number of halogens is 1. The third-order valence-electron chi connectivity index (χ3n) is 2.84. The molecule has 2 unspecified atom stereocenters. The Bertz CT molecular complexity index is 684. The van der Waals surface area contributed by atoms with Gasteiger partial charge in [-0.15, -0.1) is 11.6 Å². The molecule has 0 amide bonds. The molecule has 0 aromatic heterocycles. The van der Waals surface area contributed by atoms with E-state index in [0.717, 1.165) is 17.4 Å². The van der Waals surface area contributed by atoms with E-state index in [-0.39, 0.29) is 0 Å². The second-order valence-electron chi connectivity index (χ2n) is 4.67. The Morgan fingerprint density at radius 2 is 1.89 bits per heavy atom. The molecule has 0 aliphatic heterocycles. The van der Waals surface area contributed by atoms with Crippen molar-refractivity contribution in [2.24, 2.45) is 0 Å². The smallest absolute Gasteiger partial charge is 0.226 e. The molecule has 1 N–H and O–H groups in total. The van der Waals surface area contributed by atoms with Gasteiger partial charge in [0.25, 0.3) is 0 Å². The maximum absolute atomic E-state index is 11.8. The lowest BCUT2D eigenvalue weighted by Crippen LogP contribution is -2.35. The van der Waals surface area contributed by atoms with E-state index in [1.54, 1.807) is 12.1 Å². The maximum atomic E-state index is 11.8. The van der Waals surface area contributed by atoms with Crippen molar-refractivity contribution in [1.29, 1.82) is 0 Å². The molecule has 2 rings (SSSR count). The van der Waals surface area contributed by atoms with E-state index < -0.39 is 36.4 Å². The van der Waals surface area contributed by atoms with Crippen molar-refractivity contribution in [3.8, 4) is 0 Å². The average Bonchev–Trinajstić information content (AvgIpc) is 2.52. The quantitative estimate of drug-likeness (QED) is 0.832. The first-order valence-electron chi connectivity index (χ1n) is 5.57. The normalized spacial score (nSPS) is 23.3. The number of hydrogen-bond acceptors (Lipinski definition) is 4. The third kappa shape index (κ3) is 3.68. The number of alkyl halides is 1. The third-order valence-corrected chi connectivity index (χ3v) is 6.82. The molecule has 1 aliphatic carbocycles. The Kier molecular flexibility index (Phi) is 3.92. The molecule has 8 heteroatoms. The molecule has 0 saturated heterocycles. The number of sulfone groups is 1. The van der Waals surface area contributed by atoms with Crippen LogP contribution in [0, 0.1) is 0 Å². The molecule has 1 aliphatic rings. The summed E-state index contributed by atoms with van der Waals surface area (Å²) in [6.45, 7) is 0. The van der Waals surface area contributed by atoms with Gasteiger partial charge in [-0.3, -0.25) is 0 Å². The summed E-state index contributed by atoms with van der Waals surface area (Å²) in [5.74, 6) is 0. The lowest BCUT2D eigenvalue weighted by molar-refractivity contribution is 0.558. The fraction of sp³-hybridized carbons (Fsp3) is 0.455. The van der Waals surface area contributed by atoms with Crippen LogP contribution in [-0.4, -0.2) is 33.6 Å². The van der Waals surface area contributed by atoms with Crippen LogP contribution >= 0.6 is 11.6 Å². The Morgan fingerprint density at radius 1 is 1.26 bits per heavy atom. The Labute approximate surface area is 117 Å². The number of sulfonamides is 1. The zero-order chi connectivity index (χ0) is 14.3. The van der Waals surface area contributed by atoms with Crippen LogP contribution < -0.4 is 4.72 Å². The molecule has 0 spiro atoms. The van der Waals surface area contributed by atoms with E-state index in [2.05, 4.69) is 4.72 Å². The molecule has 0 bridgehead atoms. The summed E-state index contributed by atoms with van der Waals surface area (Å²) in [5.41, 5.74) is 1.79. The van der Waals surface area contributed by atoms with E-state index in [1.165, 1.54) is 0 Å². The molecular formula is C11H14ClNO4S2. The number of hydrogen-bond donors (Lipinski definition) is 1. The fourth-order valence-corrected chi connectivity index (χ4v) is 5.84. The first-order chi connectivity index (χ1) is 8.68. The summed E-state index contributed by atoms with van der Waals surface area (Å²) in [5, 5.41) is -1.34. The lowest BCUT2D eigenvalue weighted by Gasteiger charge is -2.17. The Hall–Kier alpha value is -0.630. The summed E-state index contributed by atoms with van der Waals surface area (Å²) in [7, 11) is -7.53. The van der Waals surface area contributed by atoms with Crippen molar-refractivity contribution in [3.63, 3.8) is 0 Å². The largest absolute Gasteiger partial charge is 0.228 e. The van der Waals surface area contributed by atoms with Crippen molar-refractivity contribution in [1.82, 2.24) is 4.72 Å². The summed E-state index contributed by atoms with van der Waals surface area (Å²) in [4.78, 5) is 0. The lowest BCUT2D eigenvalue weighted by atomic mass is 10.1. The summed E-state index contributed by atoms with van der Waals surface area (Å²) >= 11 is 6.14. The number of fused-ring (bicyclic) bond motifs is 1. The van der Waals surface area contributed by atoms with Crippen LogP contribution in [0.25, 0.3) is 0 Å². The van der Waals surface area contributed by atoms with Gasteiger partial charge in [-0.1, -0.05) is 24.3 Å². The van der Waals surface area contributed by atoms with Crippen LogP contribution in [0.3, 0.4) is 0 Å². The Balaban J connectivity index is 2.25. The van der Waals surface area contributed by atoms with Gasteiger partial charge < -0.3 is 0 Å². The first-order valence-corrected chi connectivity index (χ1v) is 9.72. The Morgan fingerprint density at radius 3 is 2.53 bits per heavy atom. The molecule has 0 fully saturated rings. The molecule has 106 valence electrons. The van der Waals surface area contributed by atoms with Gasteiger partial charge in [0.15, 0.2) is 14.9 Å². The van der Waals surface area contributed by atoms with E-state index in [9.17, 15) is 16.8 Å². The highest BCUT2D eigenvalue weighted by Gasteiger charge is 2.34. The zero-order valence-corrected chi connectivity index (χ0v) is 12.6. The van der Waals surface area contributed by atoms with Gasteiger partial charge in [-0.25, -0.2) is 21.6 Å². The number of benzene rings is 1. The van der Waals surface area contributed by atoms with Crippen LogP contribution in [0.5, 0.6) is 0 Å². The minimum absolute atomic E-state index is 0.410. The number of rotatable bonds is 4. The van der Waals surface area contributed by atoms with Crippen LogP contribution in [0.1, 0.15) is 17.2 Å². The standard InChI is InChI=1S/C11H14ClNO4S2/c1-18(14,15)7-19(16,17)13-11-9-5-3-2-4-8(9)6-10(11)12/h2-5,10-11,13H,6-7H2,1H3. The summed E-state index contributed by atoms with van der Waals surface area (Å²) in [6, 6.07) is 6.76. The number of nitrogens with one attached hydrogen (secondary N) is 1. The predicted molar refractivity (Wildman–Crippen MR) is 74.3 cm³/mol. The van der Waals surface area contributed by atoms with Gasteiger partial charge in [0.2, 0.25) is 10.0 Å². The molecule has 1 aromatic carbocycles. The fourth-order valence-electron chi connectivity index (χ4n) is 2.19. The maximum Gasteiger partial charge on any atom is 0.226 e. The van der Waals surface area contributed by atoms with Gasteiger partial charge in [0.1, 0.15) is 0 Å². The molecule has 19 heavy (non-hydrogen) atoms. The van der Waals surface area contributed by atoms with Crippen molar-refractivity contribution in [3.05, 3.63) is 35.4 Å². The molecular weight excluding hydrogens is 310 g/mol. The van der Waals surface area contributed by atoms with Crippen LogP contribution in [0.4, 0.5) is 0 Å². The SMILES string of the molecule is CS(=O)(=O)CS(=O)(=O)NC1c2ccccc2CC1Cl. The van der Waals surface area contributed by atoms with Crippen molar-refractivity contribution >= 4 is 31.5 Å². The molecule has 0 radical (unpaired) electrons. The van der Waals surface area contributed by atoms with Gasteiger partial charge >= 0.3 is 0 Å². The van der Waals surface area contributed by atoms with Gasteiger partial charge in [-0.2, -0.15) is 0 Å². The highest BCUT2D eigenvalue weighted by atomic mass is 35.5. The van der Waals surface area contributed by atoms with Crippen molar-refractivity contribution < 1.29 is 16.8 Å². The molecule has 2 atom stereocenters. The van der Waals surface area contributed by atoms with Crippen molar-refractivity contribution in [2.75, 3.05) is 11.3 Å². The minimum Gasteiger partial charge on any atom is -0.228 e. The first kappa shape index (κ1) is 14.8. The average molecular weight is 324 g/mol. The second-order valence-corrected chi connectivity index (χ2v) is 9.49. The molecule has 0 heterocycles. The van der Waals surface area contributed by atoms with E-state index in [1.807, 2.05) is 12.1 Å². The van der Waals surface area contributed by atoms with Crippen LogP contribution in [0.2, 0.25) is 0 Å². The highest BCUT2D eigenvalue weighted by molar-refractivity contribution is 8.06. The van der Waals surface area contributed by atoms with Gasteiger partial charge in [-0.05, 0) is 17.5 Å². The minimum atomic E-state index is -3.92. The van der Waals surface area contributed by atoms with Gasteiger partial charge in [0, 0.05) is 6.26 Å². The van der Waals surface area contributed by atoms with E-state index in [0.29, 0.717) is 6.42 Å². The zero-order valence-electron chi connectivity index (χ0n) is 10.2. The van der Waals surface area contributed by atoms with E-state index >= 15 is 0 Å². The second kappa shape index (κ2) is 5.05.